The van der Waals surface area contributed by atoms with E-state index in [4.69, 9.17) is 4.42 Å². The molecule has 1 heterocycles. The molecule has 1 aliphatic carbocycles. The lowest BCUT2D eigenvalue weighted by Gasteiger charge is -2.22. The van der Waals surface area contributed by atoms with Gasteiger partial charge in [-0.2, -0.15) is 0 Å². The number of para-hydroxylation sites is 2. The van der Waals surface area contributed by atoms with Crippen molar-refractivity contribution in [3.8, 4) is 0 Å². The van der Waals surface area contributed by atoms with Gasteiger partial charge in [-0.05, 0) is 43.0 Å². The summed E-state index contributed by atoms with van der Waals surface area (Å²) < 4.78 is 20.1. The first-order valence-corrected chi connectivity index (χ1v) is 9.42. The van der Waals surface area contributed by atoms with Gasteiger partial charge in [0.1, 0.15) is 0 Å². The molecule has 3 heteroatoms. The van der Waals surface area contributed by atoms with Crippen molar-refractivity contribution in [1.29, 1.82) is 0 Å². The lowest BCUT2D eigenvalue weighted by Crippen LogP contribution is -2.11. The second-order valence-electron chi connectivity index (χ2n) is 6.20. The maximum atomic E-state index is 14.1. The Morgan fingerprint density at radius 2 is 1.77 bits per heavy atom. The van der Waals surface area contributed by atoms with Crippen LogP contribution in [-0.4, -0.2) is 7.05 Å². The molecule has 26 heavy (non-hydrogen) atoms. The highest BCUT2D eigenvalue weighted by molar-refractivity contribution is 5.96. The minimum atomic E-state index is -0.241. The third-order valence-electron chi connectivity index (χ3n) is 4.83. The first-order chi connectivity index (χ1) is 12.7. The molecule has 0 unspecified atom stereocenters. The molecular formula is C23H26FNO. The molecule has 0 fully saturated rings. The summed E-state index contributed by atoms with van der Waals surface area (Å²) in [6.45, 7) is 6.15. The Balaban J connectivity index is 0.000000948. The largest absolute Gasteiger partial charge is 0.451 e. The third-order valence-corrected chi connectivity index (χ3v) is 4.83. The summed E-state index contributed by atoms with van der Waals surface area (Å²) in [5.41, 5.74) is 5.15. The van der Waals surface area contributed by atoms with Crippen molar-refractivity contribution in [2.24, 2.45) is 0 Å². The number of furan rings is 1. The number of benzene rings is 2. The van der Waals surface area contributed by atoms with E-state index in [1.54, 1.807) is 6.08 Å². The predicted octanol–water partition coefficient (Wildman–Crippen LogP) is 7.05. The monoisotopic (exact) mass is 351 g/mol. The van der Waals surface area contributed by atoms with E-state index in [9.17, 15) is 4.39 Å². The van der Waals surface area contributed by atoms with Crippen LogP contribution in [0.4, 0.5) is 15.8 Å². The summed E-state index contributed by atoms with van der Waals surface area (Å²) in [5, 5.41) is 1.02. The summed E-state index contributed by atoms with van der Waals surface area (Å²) in [7, 11) is 2.04. The molecule has 0 N–H and O–H groups in total. The highest BCUT2D eigenvalue weighted by Crippen LogP contribution is 2.41. The molecule has 0 atom stereocenters. The molecule has 0 bridgehead atoms. The molecule has 2 aromatic carbocycles. The summed E-state index contributed by atoms with van der Waals surface area (Å²) in [6, 6.07) is 14.4. The average molecular weight is 351 g/mol. The smallest absolute Gasteiger partial charge is 0.166 e. The van der Waals surface area contributed by atoms with E-state index in [-0.39, 0.29) is 5.83 Å². The molecule has 0 saturated carbocycles. The Morgan fingerprint density at radius 1 is 1.04 bits per heavy atom. The second kappa shape index (κ2) is 7.77. The van der Waals surface area contributed by atoms with Gasteiger partial charge < -0.3 is 9.32 Å². The number of anilines is 2. The first-order valence-electron chi connectivity index (χ1n) is 9.42. The van der Waals surface area contributed by atoms with Crippen LogP contribution in [-0.2, 0) is 12.8 Å². The quantitative estimate of drug-likeness (QED) is 0.503. The summed E-state index contributed by atoms with van der Waals surface area (Å²) in [5.74, 6) is 0.163. The van der Waals surface area contributed by atoms with Gasteiger partial charge in [0.05, 0.1) is 5.69 Å². The highest BCUT2D eigenvalue weighted by atomic mass is 19.1. The van der Waals surface area contributed by atoms with Gasteiger partial charge >= 0.3 is 0 Å². The van der Waals surface area contributed by atoms with Crippen molar-refractivity contribution in [3.63, 3.8) is 0 Å². The molecule has 4 rings (SSSR count). The third kappa shape index (κ3) is 3.03. The van der Waals surface area contributed by atoms with E-state index in [1.807, 2.05) is 45.2 Å². The summed E-state index contributed by atoms with van der Waals surface area (Å²) >= 11 is 0. The Bertz CT molecular complexity index is 939. The Kier molecular flexibility index (Phi) is 5.46. The van der Waals surface area contributed by atoms with Crippen LogP contribution < -0.4 is 4.90 Å². The summed E-state index contributed by atoms with van der Waals surface area (Å²) in [4.78, 5) is 2.14. The SMILES string of the molecule is CC.CCc1ccccc1N(C)c1cccc2c3c(oc12)C(F)=CCC3. The molecule has 0 spiro atoms. The van der Waals surface area contributed by atoms with Crippen LogP contribution in [0.2, 0.25) is 0 Å². The number of fused-ring (bicyclic) bond motifs is 3. The first kappa shape index (κ1) is 18.2. The van der Waals surface area contributed by atoms with Gasteiger partial charge in [0.25, 0.3) is 0 Å². The van der Waals surface area contributed by atoms with Crippen molar-refractivity contribution in [1.82, 2.24) is 0 Å². The fourth-order valence-corrected chi connectivity index (χ4v) is 3.56. The van der Waals surface area contributed by atoms with Gasteiger partial charge in [0, 0.05) is 23.7 Å². The molecule has 3 aromatic rings. The fourth-order valence-electron chi connectivity index (χ4n) is 3.56. The van der Waals surface area contributed by atoms with Crippen LogP contribution in [0.3, 0.4) is 0 Å². The van der Waals surface area contributed by atoms with Gasteiger partial charge in [0.2, 0.25) is 0 Å². The Labute approximate surface area is 154 Å². The molecule has 2 nitrogen and oxygen atoms in total. The van der Waals surface area contributed by atoms with Crippen LogP contribution in [0.15, 0.2) is 53.0 Å². The number of halogens is 1. The maximum absolute atomic E-state index is 14.1. The molecular weight excluding hydrogens is 325 g/mol. The van der Waals surface area contributed by atoms with Gasteiger partial charge in [-0.1, -0.05) is 51.1 Å². The fraction of sp³-hybridized carbons (Fsp3) is 0.304. The molecule has 1 aliphatic rings. The predicted molar refractivity (Wildman–Crippen MR) is 109 cm³/mol. The molecule has 0 saturated heterocycles. The van der Waals surface area contributed by atoms with Crippen molar-refractivity contribution in [2.45, 2.75) is 40.0 Å². The Morgan fingerprint density at radius 3 is 2.54 bits per heavy atom. The van der Waals surface area contributed by atoms with Crippen LogP contribution in [0.5, 0.6) is 0 Å². The molecule has 0 amide bonds. The molecule has 0 aliphatic heterocycles. The number of allylic oxidation sites excluding steroid dienone is 1. The van der Waals surface area contributed by atoms with Gasteiger partial charge in [0.15, 0.2) is 17.2 Å². The molecule has 0 radical (unpaired) electrons. The topological polar surface area (TPSA) is 16.4 Å². The minimum absolute atomic E-state index is 0.241. The zero-order valence-corrected chi connectivity index (χ0v) is 16.0. The number of hydrogen-bond acceptors (Lipinski definition) is 2. The van der Waals surface area contributed by atoms with E-state index in [0.29, 0.717) is 5.76 Å². The Hall–Kier alpha value is -2.55. The van der Waals surface area contributed by atoms with Gasteiger partial charge in [-0.15, -0.1) is 0 Å². The van der Waals surface area contributed by atoms with E-state index in [2.05, 4.69) is 30.0 Å². The number of hydrogen-bond donors (Lipinski definition) is 0. The van der Waals surface area contributed by atoms with E-state index in [0.717, 1.165) is 47.2 Å². The van der Waals surface area contributed by atoms with Crippen molar-refractivity contribution in [2.75, 3.05) is 11.9 Å². The average Bonchev–Trinajstić information content (AvgIpc) is 3.09. The standard InChI is InChI=1S/C21H20FNO.C2H6/c1-3-14-8-4-5-12-18(14)23(2)19-13-7-10-16-15-9-6-11-17(22)20(15)24-21(16)19;1-2/h4-5,7-8,10-13H,3,6,9H2,1-2H3;1-2H3. The highest BCUT2D eigenvalue weighted by Gasteiger charge is 2.23. The number of rotatable bonds is 3. The van der Waals surface area contributed by atoms with Crippen LogP contribution in [0, 0.1) is 0 Å². The maximum Gasteiger partial charge on any atom is 0.166 e. The van der Waals surface area contributed by atoms with Gasteiger partial charge in [-0.25, -0.2) is 4.39 Å². The number of nitrogens with zero attached hydrogens (tertiary/aromatic N) is 1. The van der Waals surface area contributed by atoms with Crippen LogP contribution >= 0.6 is 0 Å². The number of aryl methyl sites for hydroxylation is 2. The lowest BCUT2D eigenvalue weighted by atomic mass is 10.00. The van der Waals surface area contributed by atoms with Crippen LogP contribution in [0.25, 0.3) is 16.8 Å². The van der Waals surface area contributed by atoms with E-state index in [1.165, 1.54) is 5.56 Å². The lowest BCUT2D eigenvalue weighted by molar-refractivity contribution is 0.558. The van der Waals surface area contributed by atoms with Crippen molar-refractivity contribution >= 4 is 28.2 Å². The zero-order chi connectivity index (χ0) is 18.7. The molecule has 1 aromatic heterocycles. The zero-order valence-electron chi connectivity index (χ0n) is 16.0. The normalized spacial score (nSPS) is 12.9. The van der Waals surface area contributed by atoms with Crippen molar-refractivity contribution < 1.29 is 8.81 Å². The van der Waals surface area contributed by atoms with Gasteiger partial charge in [-0.3, -0.25) is 0 Å². The van der Waals surface area contributed by atoms with Crippen molar-refractivity contribution in [3.05, 3.63) is 65.4 Å². The second-order valence-corrected chi connectivity index (χ2v) is 6.20. The van der Waals surface area contributed by atoms with E-state index >= 15 is 0 Å². The molecule has 136 valence electrons. The summed E-state index contributed by atoms with van der Waals surface area (Å²) in [6.07, 6.45) is 4.13. The van der Waals surface area contributed by atoms with E-state index < -0.39 is 0 Å². The minimum Gasteiger partial charge on any atom is -0.451 e. The van der Waals surface area contributed by atoms with Crippen LogP contribution in [0.1, 0.15) is 44.1 Å².